The third kappa shape index (κ3) is 4.73. The lowest BCUT2D eigenvalue weighted by atomic mass is 10.2. The molecule has 0 fully saturated rings. The summed E-state index contributed by atoms with van der Waals surface area (Å²) in [7, 11) is 1.66. The van der Waals surface area contributed by atoms with Gasteiger partial charge in [-0.15, -0.1) is 11.3 Å². The molecule has 3 rings (SSSR count). The molecule has 3 aromatic rings. The zero-order valence-corrected chi connectivity index (χ0v) is 16.7. The molecule has 0 saturated heterocycles. The quantitative estimate of drug-likeness (QED) is 0.496. The SMILES string of the molecule is COc1ccc(Br)cc1-c1nc(CN(CCC#N)Cc2ccco2)cs1. The molecule has 26 heavy (non-hydrogen) atoms. The van der Waals surface area contributed by atoms with Crippen LogP contribution in [0, 0.1) is 11.3 Å². The highest BCUT2D eigenvalue weighted by Crippen LogP contribution is 2.34. The number of halogens is 1. The van der Waals surface area contributed by atoms with Crippen molar-refractivity contribution in [3.63, 3.8) is 0 Å². The molecule has 5 nitrogen and oxygen atoms in total. The first-order valence-corrected chi connectivity index (χ1v) is 9.77. The van der Waals surface area contributed by atoms with Gasteiger partial charge in [-0.25, -0.2) is 4.98 Å². The highest BCUT2D eigenvalue weighted by atomic mass is 79.9. The smallest absolute Gasteiger partial charge is 0.129 e. The Bertz CT molecular complexity index is 887. The van der Waals surface area contributed by atoms with Crippen molar-refractivity contribution < 1.29 is 9.15 Å². The Morgan fingerprint density at radius 2 is 2.23 bits per heavy atom. The summed E-state index contributed by atoms with van der Waals surface area (Å²) < 4.78 is 11.9. The molecular formula is C19H18BrN3O2S. The standard InChI is InChI=1S/C19H18BrN3O2S/c1-24-18-6-5-14(20)10-17(18)19-22-15(13-26-19)11-23(8-3-7-21)12-16-4-2-9-25-16/h2,4-6,9-10,13H,3,8,11-12H2,1H3. The van der Waals surface area contributed by atoms with E-state index in [1.165, 1.54) is 0 Å². The van der Waals surface area contributed by atoms with Gasteiger partial charge in [-0.05, 0) is 30.3 Å². The molecule has 134 valence electrons. The van der Waals surface area contributed by atoms with E-state index in [1.54, 1.807) is 24.7 Å². The van der Waals surface area contributed by atoms with Crippen molar-refractivity contribution in [1.82, 2.24) is 9.88 Å². The molecule has 0 radical (unpaired) electrons. The minimum atomic E-state index is 0.469. The van der Waals surface area contributed by atoms with Crippen molar-refractivity contribution in [2.75, 3.05) is 13.7 Å². The van der Waals surface area contributed by atoms with Gasteiger partial charge in [0.25, 0.3) is 0 Å². The van der Waals surface area contributed by atoms with Gasteiger partial charge < -0.3 is 9.15 Å². The second-order valence-corrected chi connectivity index (χ2v) is 7.46. The number of methoxy groups -OCH3 is 1. The maximum Gasteiger partial charge on any atom is 0.129 e. The Morgan fingerprint density at radius 3 is 2.96 bits per heavy atom. The molecule has 0 aliphatic carbocycles. The van der Waals surface area contributed by atoms with Crippen molar-refractivity contribution in [1.29, 1.82) is 5.26 Å². The van der Waals surface area contributed by atoms with E-state index in [0.29, 0.717) is 26.1 Å². The van der Waals surface area contributed by atoms with E-state index in [4.69, 9.17) is 19.4 Å². The van der Waals surface area contributed by atoms with Crippen LogP contribution in [0.15, 0.2) is 50.9 Å². The van der Waals surface area contributed by atoms with Gasteiger partial charge in [0.05, 0.1) is 37.2 Å². The molecule has 0 saturated carbocycles. The molecule has 0 unspecified atom stereocenters. The van der Waals surface area contributed by atoms with Crippen molar-refractivity contribution in [3.05, 3.63) is 57.9 Å². The summed E-state index contributed by atoms with van der Waals surface area (Å²) in [6.45, 7) is 1.99. The Balaban J connectivity index is 1.77. The van der Waals surface area contributed by atoms with Crippen LogP contribution in [-0.4, -0.2) is 23.5 Å². The first-order chi connectivity index (χ1) is 12.7. The van der Waals surface area contributed by atoms with E-state index >= 15 is 0 Å². The number of ether oxygens (including phenoxy) is 1. The first-order valence-electron chi connectivity index (χ1n) is 8.09. The van der Waals surface area contributed by atoms with Gasteiger partial charge in [-0.2, -0.15) is 5.26 Å². The molecule has 2 heterocycles. The van der Waals surface area contributed by atoms with E-state index in [-0.39, 0.29) is 0 Å². The zero-order valence-electron chi connectivity index (χ0n) is 14.3. The van der Waals surface area contributed by atoms with E-state index in [1.807, 2.05) is 30.3 Å². The third-order valence-electron chi connectivity index (χ3n) is 3.83. The van der Waals surface area contributed by atoms with Gasteiger partial charge >= 0.3 is 0 Å². The van der Waals surface area contributed by atoms with Crippen LogP contribution in [0.5, 0.6) is 5.75 Å². The van der Waals surface area contributed by atoms with Gasteiger partial charge in [0, 0.05) is 29.4 Å². The number of benzene rings is 1. The summed E-state index contributed by atoms with van der Waals surface area (Å²) in [6, 6.07) is 11.9. The van der Waals surface area contributed by atoms with Crippen molar-refractivity contribution in [3.8, 4) is 22.4 Å². The molecule has 7 heteroatoms. The van der Waals surface area contributed by atoms with Gasteiger partial charge in [-0.1, -0.05) is 15.9 Å². The average molecular weight is 432 g/mol. The lowest BCUT2D eigenvalue weighted by molar-refractivity contribution is 0.238. The predicted octanol–water partition coefficient (Wildman–Crippen LogP) is 5.09. The highest BCUT2D eigenvalue weighted by molar-refractivity contribution is 9.10. The van der Waals surface area contributed by atoms with Crippen molar-refractivity contribution in [2.45, 2.75) is 19.5 Å². The minimum absolute atomic E-state index is 0.469. The fourth-order valence-electron chi connectivity index (χ4n) is 2.62. The fourth-order valence-corrected chi connectivity index (χ4v) is 3.82. The molecular weight excluding hydrogens is 414 g/mol. The third-order valence-corrected chi connectivity index (χ3v) is 5.25. The van der Waals surface area contributed by atoms with Crippen LogP contribution < -0.4 is 4.74 Å². The number of rotatable bonds is 8. The van der Waals surface area contributed by atoms with Gasteiger partial charge in [0.1, 0.15) is 16.5 Å². The summed E-state index contributed by atoms with van der Waals surface area (Å²) in [5.41, 5.74) is 1.93. The Morgan fingerprint density at radius 1 is 1.35 bits per heavy atom. The fraction of sp³-hybridized carbons (Fsp3) is 0.263. The lowest BCUT2D eigenvalue weighted by Crippen LogP contribution is -2.23. The van der Waals surface area contributed by atoms with Crippen molar-refractivity contribution in [2.24, 2.45) is 0 Å². The number of thiazole rings is 1. The predicted molar refractivity (Wildman–Crippen MR) is 105 cm³/mol. The number of aromatic nitrogens is 1. The monoisotopic (exact) mass is 431 g/mol. The van der Waals surface area contributed by atoms with Gasteiger partial charge in [0.2, 0.25) is 0 Å². The maximum atomic E-state index is 8.91. The molecule has 0 bridgehead atoms. The zero-order chi connectivity index (χ0) is 18.4. The molecule has 0 aliphatic heterocycles. The largest absolute Gasteiger partial charge is 0.496 e. The summed E-state index contributed by atoms with van der Waals surface area (Å²) >= 11 is 5.09. The van der Waals surface area contributed by atoms with Crippen LogP contribution in [0.3, 0.4) is 0 Å². The van der Waals surface area contributed by atoms with Crippen LogP contribution in [0.1, 0.15) is 17.9 Å². The summed E-state index contributed by atoms with van der Waals surface area (Å²) in [6.07, 6.45) is 2.13. The highest BCUT2D eigenvalue weighted by Gasteiger charge is 2.14. The van der Waals surface area contributed by atoms with E-state index < -0.39 is 0 Å². The Kier molecular flexibility index (Phi) is 6.45. The molecule has 0 spiro atoms. The summed E-state index contributed by atoms with van der Waals surface area (Å²) in [4.78, 5) is 6.94. The van der Waals surface area contributed by atoms with E-state index in [2.05, 4.69) is 32.3 Å². The number of hydrogen-bond donors (Lipinski definition) is 0. The minimum Gasteiger partial charge on any atom is -0.496 e. The lowest BCUT2D eigenvalue weighted by Gasteiger charge is -2.18. The molecule has 1 aromatic carbocycles. The topological polar surface area (TPSA) is 62.3 Å². The van der Waals surface area contributed by atoms with Crippen molar-refractivity contribution >= 4 is 27.3 Å². The maximum absolute atomic E-state index is 8.91. The number of nitriles is 1. The van der Waals surface area contributed by atoms with Crippen LogP contribution in [-0.2, 0) is 13.1 Å². The van der Waals surface area contributed by atoms with Crippen LogP contribution in [0.2, 0.25) is 0 Å². The van der Waals surface area contributed by atoms with E-state index in [9.17, 15) is 0 Å². The molecule has 0 aliphatic rings. The van der Waals surface area contributed by atoms with Crippen LogP contribution >= 0.6 is 27.3 Å². The Labute approximate surface area is 165 Å². The number of nitrogens with zero attached hydrogens (tertiary/aromatic N) is 3. The number of furan rings is 1. The van der Waals surface area contributed by atoms with Gasteiger partial charge in [0.15, 0.2) is 0 Å². The summed E-state index contributed by atoms with van der Waals surface area (Å²) in [5, 5.41) is 11.9. The Hall–Kier alpha value is -2.14. The molecule has 0 atom stereocenters. The average Bonchev–Trinajstić information content (AvgIpc) is 3.31. The number of hydrogen-bond acceptors (Lipinski definition) is 6. The second kappa shape index (κ2) is 8.99. The molecule has 0 N–H and O–H groups in total. The van der Waals surface area contributed by atoms with Gasteiger partial charge in [-0.3, -0.25) is 4.90 Å². The summed E-state index contributed by atoms with van der Waals surface area (Å²) in [5.74, 6) is 1.68. The molecule has 0 amide bonds. The second-order valence-electron chi connectivity index (χ2n) is 5.69. The molecule has 2 aromatic heterocycles. The van der Waals surface area contributed by atoms with Crippen LogP contribution in [0.4, 0.5) is 0 Å². The first kappa shape index (κ1) is 18.6. The van der Waals surface area contributed by atoms with Crippen LogP contribution in [0.25, 0.3) is 10.6 Å². The normalized spacial score (nSPS) is 10.8. The van der Waals surface area contributed by atoms with E-state index in [0.717, 1.165) is 32.2 Å².